The molecule has 0 spiro atoms. The van der Waals surface area contributed by atoms with E-state index in [-0.39, 0.29) is 11.5 Å². The Bertz CT molecular complexity index is 1260. The maximum Gasteiger partial charge on any atom is 0.329 e. The molecule has 0 aromatic heterocycles. The van der Waals surface area contributed by atoms with Gasteiger partial charge < -0.3 is 24.8 Å². The van der Waals surface area contributed by atoms with Gasteiger partial charge in [-0.1, -0.05) is 49.3 Å². The SMILES string of the molecule is COc1cc(OC)cc(C(=O)N[C@H](C(=O)OCC(=O)Nc2ccccc2Sc2ccc(Cl)cc2)C(C)C)c1. The molecule has 3 aromatic carbocycles. The number of ether oxygens (including phenoxy) is 3. The van der Waals surface area contributed by atoms with Crippen LogP contribution in [0.2, 0.25) is 5.02 Å². The first kappa shape index (κ1) is 28.9. The van der Waals surface area contributed by atoms with Gasteiger partial charge in [0, 0.05) is 26.4 Å². The van der Waals surface area contributed by atoms with E-state index in [4.69, 9.17) is 25.8 Å². The highest BCUT2D eigenvalue weighted by molar-refractivity contribution is 7.99. The molecule has 10 heteroatoms. The van der Waals surface area contributed by atoms with Gasteiger partial charge in [0.2, 0.25) is 0 Å². The first-order chi connectivity index (χ1) is 18.2. The molecule has 0 heterocycles. The predicted molar refractivity (Wildman–Crippen MR) is 147 cm³/mol. The first-order valence-corrected chi connectivity index (χ1v) is 12.9. The molecule has 2 amide bonds. The summed E-state index contributed by atoms with van der Waals surface area (Å²) in [5.74, 6) is -1.15. The Morgan fingerprint density at radius 1 is 0.921 bits per heavy atom. The van der Waals surface area contributed by atoms with Crippen LogP contribution in [0.3, 0.4) is 0 Å². The fraction of sp³-hybridized carbons (Fsp3) is 0.250. The maximum absolute atomic E-state index is 12.9. The molecule has 0 aliphatic carbocycles. The zero-order valence-corrected chi connectivity index (χ0v) is 23.0. The van der Waals surface area contributed by atoms with Crippen LogP contribution < -0.4 is 20.1 Å². The summed E-state index contributed by atoms with van der Waals surface area (Å²) in [7, 11) is 2.95. The highest BCUT2D eigenvalue weighted by Gasteiger charge is 2.27. The Morgan fingerprint density at radius 3 is 2.16 bits per heavy atom. The van der Waals surface area contributed by atoms with E-state index in [1.807, 2.05) is 24.3 Å². The molecule has 0 unspecified atom stereocenters. The van der Waals surface area contributed by atoms with Gasteiger partial charge in [-0.3, -0.25) is 9.59 Å². The van der Waals surface area contributed by atoms with Crippen molar-refractivity contribution in [1.82, 2.24) is 5.32 Å². The van der Waals surface area contributed by atoms with Crippen LogP contribution in [0.4, 0.5) is 5.69 Å². The number of amides is 2. The average molecular weight is 557 g/mol. The van der Waals surface area contributed by atoms with Crippen molar-refractivity contribution in [3.63, 3.8) is 0 Å². The van der Waals surface area contributed by atoms with E-state index in [1.165, 1.54) is 38.1 Å². The Balaban J connectivity index is 1.61. The van der Waals surface area contributed by atoms with Gasteiger partial charge in [0.1, 0.15) is 17.5 Å². The van der Waals surface area contributed by atoms with Crippen LogP contribution in [0.1, 0.15) is 24.2 Å². The molecule has 0 aliphatic rings. The molecule has 0 saturated heterocycles. The monoisotopic (exact) mass is 556 g/mol. The summed E-state index contributed by atoms with van der Waals surface area (Å²) in [6.45, 7) is 3.02. The van der Waals surface area contributed by atoms with E-state index in [9.17, 15) is 14.4 Å². The van der Waals surface area contributed by atoms with E-state index in [1.54, 1.807) is 44.2 Å². The molecule has 1 atom stereocenters. The Kier molecular flexibility index (Phi) is 10.4. The van der Waals surface area contributed by atoms with E-state index in [2.05, 4.69) is 10.6 Å². The second kappa shape index (κ2) is 13.7. The second-order valence-corrected chi connectivity index (χ2v) is 10.1. The lowest BCUT2D eigenvalue weighted by molar-refractivity contribution is -0.150. The quantitative estimate of drug-likeness (QED) is 0.303. The number of anilines is 1. The summed E-state index contributed by atoms with van der Waals surface area (Å²) in [4.78, 5) is 40.1. The van der Waals surface area contributed by atoms with Crippen LogP contribution in [0, 0.1) is 5.92 Å². The summed E-state index contributed by atoms with van der Waals surface area (Å²) in [5.41, 5.74) is 0.835. The van der Waals surface area contributed by atoms with Gasteiger partial charge in [-0.05, 0) is 54.4 Å². The van der Waals surface area contributed by atoms with Crippen LogP contribution in [0.25, 0.3) is 0 Å². The number of carbonyl (C=O) groups is 3. The number of nitrogens with one attached hydrogen (secondary N) is 2. The van der Waals surface area contributed by atoms with Crippen LogP contribution in [0.15, 0.2) is 76.5 Å². The fourth-order valence-corrected chi connectivity index (χ4v) is 4.39. The van der Waals surface area contributed by atoms with Crippen molar-refractivity contribution in [3.05, 3.63) is 77.3 Å². The average Bonchev–Trinajstić information content (AvgIpc) is 2.92. The Morgan fingerprint density at radius 2 is 1.55 bits per heavy atom. The molecule has 38 heavy (non-hydrogen) atoms. The van der Waals surface area contributed by atoms with Gasteiger partial charge in [0.15, 0.2) is 6.61 Å². The predicted octanol–water partition coefficient (Wildman–Crippen LogP) is 5.44. The first-order valence-electron chi connectivity index (χ1n) is 11.7. The molecule has 200 valence electrons. The van der Waals surface area contributed by atoms with E-state index >= 15 is 0 Å². The molecule has 3 aromatic rings. The molecule has 0 fully saturated rings. The van der Waals surface area contributed by atoms with Crippen molar-refractivity contribution >= 4 is 46.8 Å². The van der Waals surface area contributed by atoms with Crippen LogP contribution in [0.5, 0.6) is 11.5 Å². The summed E-state index contributed by atoms with van der Waals surface area (Å²) in [5, 5.41) is 6.10. The zero-order chi connectivity index (χ0) is 27.7. The number of methoxy groups -OCH3 is 2. The molecule has 8 nitrogen and oxygen atoms in total. The topological polar surface area (TPSA) is 103 Å². The number of halogens is 1. The van der Waals surface area contributed by atoms with Gasteiger partial charge in [0.05, 0.1) is 19.9 Å². The summed E-state index contributed by atoms with van der Waals surface area (Å²) < 4.78 is 15.7. The third-order valence-electron chi connectivity index (χ3n) is 5.37. The number of rotatable bonds is 11. The van der Waals surface area contributed by atoms with Gasteiger partial charge in [-0.25, -0.2) is 4.79 Å². The Hall–Kier alpha value is -3.69. The van der Waals surface area contributed by atoms with Crippen molar-refractivity contribution in [2.75, 3.05) is 26.1 Å². The van der Waals surface area contributed by atoms with Crippen molar-refractivity contribution in [1.29, 1.82) is 0 Å². The fourth-order valence-electron chi connectivity index (χ4n) is 3.36. The number of esters is 1. The number of benzene rings is 3. The molecule has 2 N–H and O–H groups in total. The number of para-hydroxylation sites is 1. The molecule has 3 rings (SSSR count). The highest BCUT2D eigenvalue weighted by atomic mass is 35.5. The minimum Gasteiger partial charge on any atom is -0.497 e. The Labute approximate surface area is 231 Å². The summed E-state index contributed by atoms with van der Waals surface area (Å²) in [6, 6.07) is 18.4. The number of hydrogen-bond donors (Lipinski definition) is 2. The highest BCUT2D eigenvalue weighted by Crippen LogP contribution is 2.33. The summed E-state index contributed by atoms with van der Waals surface area (Å²) in [6.07, 6.45) is 0. The van der Waals surface area contributed by atoms with Crippen molar-refractivity contribution < 1.29 is 28.6 Å². The summed E-state index contributed by atoms with van der Waals surface area (Å²) >= 11 is 7.42. The molecule has 0 aliphatic heterocycles. The third-order valence-corrected chi connectivity index (χ3v) is 6.70. The zero-order valence-electron chi connectivity index (χ0n) is 21.4. The molecular formula is C28H29ClN2O6S. The second-order valence-electron chi connectivity index (χ2n) is 8.50. The largest absolute Gasteiger partial charge is 0.497 e. The minimum atomic E-state index is -0.972. The molecular weight excluding hydrogens is 528 g/mol. The van der Waals surface area contributed by atoms with Gasteiger partial charge in [-0.2, -0.15) is 0 Å². The van der Waals surface area contributed by atoms with E-state index in [0.717, 1.165) is 9.79 Å². The van der Waals surface area contributed by atoms with Crippen molar-refractivity contribution in [2.24, 2.45) is 5.92 Å². The third kappa shape index (κ3) is 8.16. The van der Waals surface area contributed by atoms with Crippen LogP contribution >= 0.6 is 23.4 Å². The van der Waals surface area contributed by atoms with Crippen molar-refractivity contribution in [3.8, 4) is 11.5 Å². The van der Waals surface area contributed by atoms with E-state index < -0.39 is 30.4 Å². The lowest BCUT2D eigenvalue weighted by Gasteiger charge is -2.21. The number of hydrogen-bond acceptors (Lipinski definition) is 7. The van der Waals surface area contributed by atoms with Crippen LogP contribution in [-0.4, -0.2) is 44.7 Å². The maximum atomic E-state index is 12.9. The normalized spacial score (nSPS) is 11.4. The van der Waals surface area contributed by atoms with Crippen molar-refractivity contribution in [2.45, 2.75) is 29.7 Å². The standard InChI is InChI=1S/C28H29ClN2O6S/c1-17(2)26(31-27(33)18-13-20(35-3)15-21(14-18)36-4)28(34)37-16-25(32)30-23-7-5-6-8-24(23)38-22-11-9-19(29)10-12-22/h5-15,17,26H,16H2,1-4H3,(H,30,32)(H,31,33)/t26-/m0/s1. The lowest BCUT2D eigenvalue weighted by atomic mass is 10.0. The smallest absolute Gasteiger partial charge is 0.329 e. The minimum absolute atomic E-state index is 0.257. The van der Waals surface area contributed by atoms with E-state index in [0.29, 0.717) is 22.2 Å². The van der Waals surface area contributed by atoms with Gasteiger partial charge in [-0.15, -0.1) is 0 Å². The van der Waals surface area contributed by atoms with Gasteiger partial charge in [0.25, 0.3) is 11.8 Å². The lowest BCUT2D eigenvalue weighted by Crippen LogP contribution is -2.46. The van der Waals surface area contributed by atoms with Gasteiger partial charge >= 0.3 is 5.97 Å². The van der Waals surface area contributed by atoms with Crippen LogP contribution in [-0.2, 0) is 14.3 Å². The molecule has 0 saturated carbocycles. The number of carbonyl (C=O) groups excluding carboxylic acids is 3. The molecule has 0 bridgehead atoms. The molecule has 0 radical (unpaired) electrons.